The quantitative estimate of drug-likeness (QED) is 0.393. The van der Waals surface area contributed by atoms with Gasteiger partial charge in [0, 0.05) is 5.20 Å². The molecule has 0 radical (unpaired) electrons. The Kier molecular flexibility index (Phi) is 7.39. The van der Waals surface area contributed by atoms with E-state index in [1.165, 1.54) is 0 Å². The van der Waals surface area contributed by atoms with Gasteiger partial charge < -0.3 is 5.11 Å². The summed E-state index contributed by atoms with van der Waals surface area (Å²) in [6.07, 6.45) is 5.15. The highest BCUT2D eigenvalue weighted by atomic mass is 28.3. The number of aliphatic carboxylic acids is 1. The zero-order chi connectivity index (χ0) is 12.6. The average molecular weight is 242 g/mol. The Labute approximate surface area is 101 Å². The van der Waals surface area contributed by atoms with E-state index in [1.54, 1.807) is 0 Å². The first-order valence-electron chi connectivity index (χ1n) is 6.51. The van der Waals surface area contributed by atoms with E-state index in [0.717, 1.165) is 42.6 Å². The molecule has 0 aromatic carbocycles. The molecule has 0 spiro atoms. The third kappa shape index (κ3) is 3.78. The molecule has 0 aliphatic heterocycles. The molecule has 0 saturated heterocycles. The van der Waals surface area contributed by atoms with Gasteiger partial charge in [0.25, 0.3) is 0 Å². The molecule has 0 bridgehead atoms. The number of carbonyl (C=O) groups is 1. The Balaban J connectivity index is 4.99. The molecule has 16 heavy (non-hydrogen) atoms. The van der Waals surface area contributed by atoms with E-state index in [4.69, 9.17) is 0 Å². The third-order valence-electron chi connectivity index (χ3n) is 3.74. The van der Waals surface area contributed by atoms with E-state index >= 15 is 0 Å². The highest BCUT2D eigenvalue weighted by Gasteiger charge is 2.35. The second kappa shape index (κ2) is 7.66. The first-order valence-corrected chi connectivity index (χ1v) is 9.14. The van der Waals surface area contributed by atoms with E-state index < -0.39 is 14.0 Å². The highest BCUT2D eigenvalue weighted by molar-refractivity contribution is 6.89. The van der Waals surface area contributed by atoms with Crippen LogP contribution >= 0.6 is 0 Å². The van der Waals surface area contributed by atoms with Crippen molar-refractivity contribution in [2.45, 2.75) is 65.1 Å². The van der Waals surface area contributed by atoms with Gasteiger partial charge in [-0.25, -0.2) is 4.79 Å². The van der Waals surface area contributed by atoms with E-state index in [1.807, 2.05) is 6.08 Å². The lowest BCUT2D eigenvalue weighted by atomic mass is 10.2. The summed E-state index contributed by atoms with van der Waals surface area (Å²) in [4.78, 5) is 11.4. The molecule has 0 atom stereocenters. The molecule has 0 aliphatic rings. The van der Waals surface area contributed by atoms with Gasteiger partial charge in [-0.15, -0.1) is 0 Å². The summed E-state index contributed by atoms with van der Waals surface area (Å²) < 4.78 is 0. The minimum Gasteiger partial charge on any atom is -0.478 e. The van der Waals surface area contributed by atoms with Crippen LogP contribution in [0.3, 0.4) is 0 Å². The van der Waals surface area contributed by atoms with Crippen LogP contribution in [0.1, 0.15) is 47.0 Å². The molecule has 3 heteroatoms. The number of carboxylic acids is 1. The first-order chi connectivity index (χ1) is 7.57. The van der Waals surface area contributed by atoms with Crippen molar-refractivity contribution in [3.8, 4) is 0 Å². The predicted octanol–water partition coefficient (Wildman–Crippen LogP) is 4.24. The van der Waals surface area contributed by atoms with Crippen molar-refractivity contribution in [2.75, 3.05) is 0 Å². The maximum absolute atomic E-state index is 11.4. The summed E-state index contributed by atoms with van der Waals surface area (Å²) >= 11 is 0. The summed E-state index contributed by atoms with van der Waals surface area (Å²) in [5, 5.41) is 10.1. The van der Waals surface area contributed by atoms with Crippen molar-refractivity contribution < 1.29 is 9.90 Å². The number of hydrogen-bond donors (Lipinski definition) is 1. The summed E-state index contributed by atoms with van der Waals surface area (Å²) in [7, 11) is -1.70. The lowest BCUT2D eigenvalue weighted by Crippen LogP contribution is -2.38. The molecule has 1 N–H and O–H groups in total. The van der Waals surface area contributed by atoms with Gasteiger partial charge in [0.2, 0.25) is 0 Å². The number of rotatable bonds is 8. The van der Waals surface area contributed by atoms with Gasteiger partial charge in [-0.2, -0.15) is 0 Å². The van der Waals surface area contributed by atoms with Gasteiger partial charge in [0.05, 0.1) is 8.07 Å². The normalized spacial score (nSPS) is 12.9. The number of hydrogen-bond acceptors (Lipinski definition) is 1. The van der Waals surface area contributed by atoms with Crippen LogP contribution < -0.4 is 0 Å². The molecule has 94 valence electrons. The molecule has 0 amide bonds. The van der Waals surface area contributed by atoms with Crippen molar-refractivity contribution in [1.82, 2.24) is 0 Å². The molecular formula is C13H26O2Si. The maximum atomic E-state index is 11.4. The monoisotopic (exact) mass is 242 g/mol. The Morgan fingerprint density at radius 2 is 1.62 bits per heavy atom. The van der Waals surface area contributed by atoms with Crippen molar-refractivity contribution in [3.05, 3.63) is 11.3 Å². The minimum absolute atomic E-state index is 0.673. The van der Waals surface area contributed by atoms with Gasteiger partial charge in [-0.1, -0.05) is 64.7 Å². The molecule has 0 aliphatic carbocycles. The second-order valence-corrected chi connectivity index (χ2v) is 9.63. The zero-order valence-electron chi connectivity index (χ0n) is 11.2. The van der Waals surface area contributed by atoms with E-state index in [-0.39, 0.29) is 0 Å². The molecule has 0 heterocycles. The summed E-state index contributed by atoms with van der Waals surface area (Å²) in [6, 6.07) is 3.14. The van der Waals surface area contributed by atoms with Crippen molar-refractivity contribution >= 4 is 14.0 Å². The molecule has 0 aromatic heterocycles. The summed E-state index contributed by atoms with van der Waals surface area (Å²) in [5.74, 6) is -0.673. The Morgan fingerprint density at radius 3 is 1.94 bits per heavy atom. The first kappa shape index (κ1) is 15.4. The SMILES string of the molecule is CCCC/C=C(\C(=O)O)[Si](CC)(CC)CC. The van der Waals surface area contributed by atoms with Crippen LogP contribution in [-0.2, 0) is 4.79 Å². The van der Waals surface area contributed by atoms with Crippen molar-refractivity contribution in [3.63, 3.8) is 0 Å². The maximum Gasteiger partial charge on any atom is 0.327 e. The molecule has 0 unspecified atom stereocenters. The predicted molar refractivity (Wildman–Crippen MR) is 72.4 cm³/mol. The number of allylic oxidation sites excluding steroid dienone is 1. The largest absolute Gasteiger partial charge is 0.478 e. The molecule has 0 fully saturated rings. The summed E-state index contributed by atoms with van der Waals surface area (Å²) in [6.45, 7) is 8.58. The van der Waals surface area contributed by atoms with Crippen LogP contribution in [0.2, 0.25) is 18.1 Å². The topological polar surface area (TPSA) is 37.3 Å². The van der Waals surface area contributed by atoms with Crippen LogP contribution in [0.5, 0.6) is 0 Å². The van der Waals surface area contributed by atoms with Crippen LogP contribution in [0, 0.1) is 0 Å². The fourth-order valence-electron chi connectivity index (χ4n) is 2.30. The lowest BCUT2D eigenvalue weighted by Gasteiger charge is -2.28. The standard InChI is InChI=1S/C13H26O2Si/c1-5-9-10-11-12(13(14)15)16(6-2,7-3)8-4/h11H,5-10H2,1-4H3,(H,14,15)/b12-11+. The van der Waals surface area contributed by atoms with Gasteiger partial charge >= 0.3 is 5.97 Å². The molecule has 2 nitrogen and oxygen atoms in total. The van der Waals surface area contributed by atoms with Crippen LogP contribution in [0.25, 0.3) is 0 Å². The Morgan fingerprint density at radius 1 is 1.12 bits per heavy atom. The second-order valence-electron chi connectivity index (χ2n) is 4.41. The number of unbranched alkanes of at least 4 members (excludes halogenated alkanes) is 2. The fraction of sp³-hybridized carbons (Fsp3) is 0.769. The van der Waals surface area contributed by atoms with E-state index in [0.29, 0.717) is 0 Å². The lowest BCUT2D eigenvalue weighted by molar-refractivity contribution is -0.132. The number of carboxylic acid groups (broad SMARTS) is 1. The Hall–Kier alpha value is -0.573. The van der Waals surface area contributed by atoms with Gasteiger partial charge in [0.1, 0.15) is 0 Å². The van der Waals surface area contributed by atoms with Crippen LogP contribution in [0.4, 0.5) is 0 Å². The highest BCUT2D eigenvalue weighted by Crippen LogP contribution is 2.29. The smallest absolute Gasteiger partial charge is 0.327 e. The molecular weight excluding hydrogens is 216 g/mol. The van der Waals surface area contributed by atoms with E-state index in [9.17, 15) is 9.90 Å². The fourth-order valence-corrected chi connectivity index (χ4v) is 5.98. The van der Waals surface area contributed by atoms with Gasteiger partial charge in [-0.3, -0.25) is 0 Å². The van der Waals surface area contributed by atoms with Crippen LogP contribution in [-0.4, -0.2) is 19.1 Å². The van der Waals surface area contributed by atoms with Crippen LogP contribution in [0.15, 0.2) is 11.3 Å². The van der Waals surface area contributed by atoms with Gasteiger partial charge in [0.15, 0.2) is 0 Å². The average Bonchev–Trinajstić information content (AvgIpc) is 2.29. The minimum atomic E-state index is -1.70. The molecule has 0 rings (SSSR count). The molecule has 0 saturated carbocycles. The summed E-state index contributed by atoms with van der Waals surface area (Å²) in [5.41, 5.74) is 0. The zero-order valence-corrected chi connectivity index (χ0v) is 12.2. The molecule has 0 aromatic rings. The van der Waals surface area contributed by atoms with Crippen molar-refractivity contribution in [2.24, 2.45) is 0 Å². The van der Waals surface area contributed by atoms with Crippen molar-refractivity contribution in [1.29, 1.82) is 0 Å². The van der Waals surface area contributed by atoms with Gasteiger partial charge in [-0.05, 0) is 6.42 Å². The third-order valence-corrected chi connectivity index (χ3v) is 9.36. The Bertz CT molecular complexity index is 234. The van der Waals surface area contributed by atoms with E-state index in [2.05, 4.69) is 27.7 Å².